The predicted molar refractivity (Wildman–Crippen MR) is 89.0 cm³/mol. The van der Waals surface area contributed by atoms with E-state index >= 15 is 0 Å². The fourth-order valence-electron chi connectivity index (χ4n) is 3.32. The number of alkyl halides is 3. The lowest BCUT2D eigenvalue weighted by atomic mass is 10.0. The highest BCUT2D eigenvalue weighted by atomic mass is 19.4. The molecular weight excluding hydrogens is 347 g/mol. The molecule has 1 aromatic carbocycles. The summed E-state index contributed by atoms with van der Waals surface area (Å²) >= 11 is 0. The number of nitrogens with one attached hydrogen (secondary N) is 2. The lowest BCUT2D eigenvalue weighted by Crippen LogP contribution is -3.14. The molecular formula is C17H21F3N5O+. The van der Waals surface area contributed by atoms with Crippen LogP contribution in [0.3, 0.4) is 0 Å². The van der Waals surface area contributed by atoms with E-state index in [-0.39, 0.29) is 18.1 Å². The Kier molecular flexibility index (Phi) is 5.26. The van der Waals surface area contributed by atoms with E-state index < -0.39 is 11.7 Å². The van der Waals surface area contributed by atoms with E-state index in [4.69, 9.17) is 0 Å². The van der Waals surface area contributed by atoms with Crippen LogP contribution in [0.25, 0.3) is 5.69 Å². The summed E-state index contributed by atoms with van der Waals surface area (Å²) in [5.41, 5.74) is -0.416. The average Bonchev–Trinajstić information content (AvgIpc) is 3.08. The van der Waals surface area contributed by atoms with Crippen LogP contribution in [-0.4, -0.2) is 40.3 Å². The van der Waals surface area contributed by atoms with Gasteiger partial charge in [0.2, 0.25) is 0 Å². The fourth-order valence-corrected chi connectivity index (χ4v) is 3.32. The van der Waals surface area contributed by atoms with E-state index in [1.807, 2.05) is 0 Å². The number of nitrogens with zero attached hydrogens (tertiary/aromatic N) is 3. The van der Waals surface area contributed by atoms with Gasteiger partial charge in [-0.05, 0) is 31.0 Å². The number of hydrogen-bond donors (Lipinski definition) is 2. The first-order valence-corrected chi connectivity index (χ1v) is 8.52. The Hall–Kier alpha value is -2.42. The molecule has 0 saturated carbocycles. The van der Waals surface area contributed by atoms with Crippen LogP contribution in [0.5, 0.6) is 0 Å². The minimum Gasteiger partial charge on any atom is -0.327 e. The van der Waals surface area contributed by atoms with Gasteiger partial charge in [-0.3, -0.25) is 4.79 Å². The standard InChI is InChI=1S/C17H20F3N5O/c1-12-3-2-6-24(8-12)9-16(26)23-14-7-13(17(18,19)20)4-5-15(14)25-11-21-10-22-25/h4-5,7,10-12H,2-3,6,8-9H2,1H3,(H,23,26)/p+1/t12-/m1/s1. The Morgan fingerprint density at radius 1 is 1.42 bits per heavy atom. The first kappa shape index (κ1) is 18.4. The number of amides is 1. The van der Waals surface area contributed by atoms with Gasteiger partial charge in [-0.2, -0.15) is 18.3 Å². The Morgan fingerprint density at radius 2 is 2.23 bits per heavy atom. The summed E-state index contributed by atoms with van der Waals surface area (Å²) in [6.07, 6.45) is 0.360. The third-order valence-corrected chi connectivity index (χ3v) is 4.54. The highest BCUT2D eigenvalue weighted by Gasteiger charge is 2.31. The molecule has 1 unspecified atom stereocenters. The molecule has 3 rings (SSSR count). The zero-order valence-corrected chi connectivity index (χ0v) is 14.4. The quantitative estimate of drug-likeness (QED) is 0.861. The van der Waals surface area contributed by atoms with E-state index in [9.17, 15) is 18.0 Å². The number of piperidine rings is 1. The maximum atomic E-state index is 13.0. The van der Waals surface area contributed by atoms with Crippen LogP contribution < -0.4 is 10.2 Å². The van der Waals surface area contributed by atoms with Crippen LogP contribution in [0.1, 0.15) is 25.3 Å². The number of rotatable bonds is 4. The van der Waals surface area contributed by atoms with Gasteiger partial charge >= 0.3 is 6.18 Å². The van der Waals surface area contributed by atoms with Crippen LogP contribution >= 0.6 is 0 Å². The van der Waals surface area contributed by atoms with Crippen LogP contribution in [0.15, 0.2) is 30.9 Å². The van der Waals surface area contributed by atoms with E-state index in [1.54, 1.807) is 0 Å². The first-order valence-electron chi connectivity index (χ1n) is 8.52. The molecule has 2 atom stereocenters. The molecule has 9 heteroatoms. The van der Waals surface area contributed by atoms with Gasteiger partial charge < -0.3 is 10.2 Å². The second kappa shape index (κ2) is 7.45. The highest BCUT2D eigenvalue weighted by molar-refractivity contribution is 5.93. The van der Waals surface area contributed by atoms with Crippen LogP contribution in [0, 0.1) is 5.92 Å². The summed E-state index contributed by atoms with van der Waals surface area (Å²) in [6, 6.07) is 3.18. The fraction of sp³-hybridized carbons (Fsp3) is 0.471. The van der Waals surface area contributed by atoms with Crippen molar-refractivity contribution in [1.29, 1.82) is 0 Å². The van der Waals surface area contributed by atoms with E-state index in [0.29, 0.717) is 11.6 Å². The predicted octanol–water partition coefficient (Wildman–Crippen LogP) is 1.54. The summed E-state index contributed by atoms with van der Waals surface area (Å²) in [5, 5.41) is 6.56. The number of aromatic nitrogens is 3. The molecule has 1 saturated heterocycles. The molecule has 1 aliphatic heterocycles. The number of quaternary nitrogens is 1. The summed E-state index contributed by atoms with van der Waals surface area (Å²) in [6.45, 7) is 4.17. The lowest BCUT2D eigenvalue weighted by Gasteiger charge is -2.27. The number of carbonyl (C=O) groups is 1. The second-order valence-electron chi connectivity index (χ2n) is 6.75. The molecule has 0 aliphatic carbocycles. The Labute approximate surface area is 149 Å². The number of likely N-dealkylation sites (tertiary alicyclic amines) is 1. The van der Waals surface area contributed by atoms with E-state index in [0.717, 1.165) is 43.0 Å². The molecule has 0 bridgehead atoms. The van der Waals surface area contributed by atoms with Crippen LogP contribution in [0.2, 0.25) is 0 Å². The Balaban J connectivity index is 1.81. The molecule has 6 nitrogen and oxygen atoms in total. The molecule has 1 aromatic heterocycles. The molecule has 140 valence electrons. The largest absolute Gasteiger partial charge is 0.416 e. The molecule has 26 heavy (non-hydrogen) atoms. The van der Waals surface area contributed by atoms with Crippen molar-refractivity contribution in [3.8, 4) is 5.69 Å². The van der Waals surface area contributed by atoms with Gasteiger partial charge in [0, 0.05) is 5.92 Å². The maximum absolute atomic E-state index is 13.0. The van der Waals surface area contributed by atoms with Gasteiger partial charge in [0.15, 0.2) is 6.54 Å². The lowest BCUT2D eigenvalue weighted by molar-refractivity contribution is -0.900. The topological polar surface area (TPSA) is 64.2 Å². The van der Waals surface area contributed by atoms with Crippen molar-refractivity contribution in [2.45, 2.75) is 25.9 Å². The number of anilines is 1. The number of carbonyl (C=O) groups excluding carboxylic acids is 1. The summed E-state index contributed by atoms with van der Waals surface area (Å²) in [7, 11) is 0. The average molecular weight is 368 g/mol. The van der Waals surface area contributed by atoms with Crippen molar-refractivity contribution in [1.82, 2.24) is 14.8 Å². The second-order valence-corrected chi connectivity index (χ2v) is 6.75. The van der Waals surface area contributed by atoms with Gasteiger partial charge in [-0.1, -0.05) is 6.92 Å². The monoisotopic (exact) mass is 368 g/mol. The van der Waals surface area contributed by atoms with Crippen molar-refractivity contribution >= 4 is 11.6 Å². The van der Waals surface area contributed by atoms with Crippen molar-refractivity contribution in [2.75, 3.05) is 25.0 Å². The summed E-state index contributed by atoms with van der Waals surface area (Å²) < 4.78 is 40.5. The number of halogens is 3. The molecule has 0 spiro atoms. The van der Waals surface area contributed by atoms with Crippen molar-refractivity contribution < 1.29 is 22.9 Å². The molecule has 0 radical (unpaired) electrons. The molecule has 1 amide bonds. The third-order valence-electron chi connectivity index (χ3n) is 4.54. The summed E-state index contributed by atoms with van der Waals surface area (Å²) in [4.78, 5) is 17.4. The summed E-state index contributed by atoms with van der Waals surface area (Å²) in [5.74, 6) is 0.237. The maximum Gasteiger partial charge on any atom is 0.416 e. The van der Waals surface area contributed by atoms with E-state index in [1.165, 1.54) is 23.4 Å². The van der Waals surface area contributed by atoms with Crippen molar-refractivity contribution in [3.05, 3.63) is 36.4 Å². The third kappa shape index (κ3) is 4.40. The van der Waals surface area contributed by atoms with Crippen LogP contribution in [-0.2, 0) is 11.0 Å². The Morgan fingerprint density at radius 3 is 2.88 bits per heavy atom. The SMILES string of the molecule is C[C@@H]1CCC[NH+](CC(=O)Nc2cc(C(F)(F)F)ccc2-n2cncn2)C1. The zero-order chi connectivity index (χ0) is 18.7. The highest BCUT2D eigenvalue weighted by Crippen LogP contribution is 2.33. The van der Waals surface area contributed by atoms with Gasteiger partial charge in [-0.25, -0.2) is 9.67 Å². The molecule has 2 heterocycles. The smallest absolute Gasteiger partial charge is 0.327 e. The number of hydrogen-bond acceptors (Lipinski definition) is 3. The van der Waals surface area contributed by atoms with Crippen molar-refractivity contribution in [2.24, 2.45) is 5.92 Å². The molecule has 2 aromatic rings. The van der Waals surface area contributed by atoms with Crippen molar-refractivity contribution in [3.63, 3.8) is 0 Å². The first-order chi connectivity index (χ1) is 12.3. The molecule has 1 aliphatic rings. The zero-order valence-electron chi connectivity index (χ0n) is 14.4. The van der Waals surface area contributed by atoms with Crippen LogP contribution in [0.4, 0.5) is 18.9 Å². The van der Waals surface area contributed by atoms with Gasteiger partial charge in [0.25, 0.3) is 5.91 Å². The molecule has 2 N–H and O–H groups in total. The van der Waals surface area contributed by atoms with Gasteiger partial charge in [0.1, 0.15) is 12.7 Å². The van der Waals surface area contributed by atoms with Gasteiger partial charge in [0.05, 0.1) is 30.0 Å². The van der Waals surface area contributed by atoms with E-state index in [2.05, 4.69) is 22.3 Å². The number of benzene rings is 1. The molecule has 1 fully saturated rings. The normalized spacial score (nSPS) is 20.8. The minimum absolute atomic E-state index is 0.0692. The van der Waals surface area contributed by atoms with Gasteiger partial charge in [-0.15, -0.1) is 0 Å². The Bertz CT molecular complexity index is 760. The minimum atomic E-state index is -4.49.